The van der Waals surface area contributed by atoms with Crippen molar-refractivity contribution in [3.8, 4) is 5.75 Å². The number of nitrogens with zero attached hydrogens (tertiary/aromatic N) is 2. The van der Waals surface area contributed by atoms with Gasteiger partial charge in [-0.05, 0) is 43.3 Å². The number of benzene rings is 2. The van der Waals surface area contributed by atoms with Crippen LogP contribution >= 0.6 is 0 Å². The van der Waals surface area contributed by atoms with E-state index in [2.05, 4.69) is 27.5 Å². The van der Waals surface area contributed by atoms with E-state index in [4.69, 9.17) is 4.74 Å². The van der Waals surface area contributed by atoms with Gasteiger partial charge in [-0.15, -0.1) is 0 Å². The monoisotopic (exact) mass is 410 g/mol. The summed E-state index contributed by atoms with van der Waals surface area (Å²) in [5, 5.41) is 5.51. The molecule has 7 heteroatoms. The van der Waals surface area contributed by atoms with Crippen molar-refractivity contribution >= 4 is 17.5 Å². The van der Waals surface area contributed by atoms with Crippen LogP contribution in [0.2, 0.25) is 0 Å². The number of hydrogen-bond donors (Lipinski definition) is 2. The summed E-state index contributed by atoms with van der Waals surface area (Å²) in [5.41, 5.74) is 2.63. The highest BCUT2D eigenvalue weighted by Gasteiger charge is 2.25. The van der Waals surface area contributed by atoms with Crippen molar-refractivity contribution in [2.24, 2.45) is 0 Å². The fourth-order valence-electron chi connectivity index (χ4n) is 3.58. The summed E-state index contributed by atoms with van der Waals surface area (Å²) < 4.78 is 5.26. The molecule has 3 rings (SSSR count). The average Bonchev–Trinajstić information content (AvgIpc) is 2.77. The van der Waals surface area contributed by atoms with Gasteiger partial charge in [0.1, 0.15) is 5.75 Å². The second-order valence-corrected chi connectivity index (χ2v) is 7.61. The van der Waals surface area contributed by atoms with Gasteiger partial charge < -0.3 is 20.3 Å². The molecule has 2 amide bonds. The number of hydrogen-bond acceptors (Lipinski definition) is 5. The first-order chi connectivity index (χ1) is 14.5. The Labute approximate surface area is 178 Å². The zero-order valence-electron chi connectivity index (χ0n) is 17.9. The third-order valence-electron chi connectivity index (χ3n) is 5.53. The number of methoxy groups -OCH3 is 1. The summed E-state index contributed by atoms with van der Waals surface area (Å²) in [4.78, 5) is 29.5. The second-order valence-electron chi connectivity index (χ2n) is 7.61. The van der Waals surface area contributed by atoms with Crippen molar-refractivity contribution in [2.45, 2.75) is 13.0 Å². The molecule has 160 valence electrons. The Morgan fingerprint density at radius 1 is 1.00 bits per heavy atom. The van der Waals surface area contributed by atoms with Gasteiger partial charge in [0.05, 0.1) is 13.2 Å². The molecular formula is C23H30N4O3. The van der Waals surface area contributed by atoms with Gasteiger partial charge in [0.25, 0.3) is 0 Å². The van der Waals surface area contributed by atoms with Gasteiger partial charge in [-0.3, -0.25) is 14.5 Å². The van der Waals surface area contributed by atoms with E-state index in [1.807, 2.05) is 49.4 Å². The molecule has 1 saturated heterocycles. The van der Waals surface area contributed by atoms with Crippen molar-refractivity contribution in [2.75, 3.05) is 52.2 Å². The molecule has 0 aliphatic carbocycles. The Kier molecular flexibility index (Phi) is 7.43. The minimum Gasteiger partial charge on any atom is -0.497 e. The van der Waals surface area contributed by atoms with Crippen LogP contribution in [0.25, 0.3) is 0 Å². The van der Waals surface area contributed by atoms with Gasteiger partial charge in [-0.2, -0.15) is 0 Å². The van der Waals surface area contributed by atoms with Crippen LogP contribution in [-0.2, 0) is 9.59 Å². The van der Waals surface area contributed by atoms with Crippen LogP contribution in [0.4, 0.5) is 5.69 Å². The number of anilines is 1. The molecule has 0 radical (unpaired) electrons. The number of rotatable bonds is 6. The van der Waals surface area contributed by atoms with Gasteiger partial charge in [-0.25, -0.2) is 0 Å². The number of amides is 2. The topological polar surface area (TPSA) is 73.9 Å². The summed E-state index contributed by atoms with van der Waals surface area (Å²) in [5.74, 6) is -0.500. The highest BCUT2D eigenvalue weighted by Crippen LogP contribution is 2.24. The van der Waals surface area contributed by atoms with Crippen LogP contribution in [0, 0.1) is 6.92 Å². The number of nitrogens with one attached hydrogen (secondary N) is 2. The number of ether oxygens (including phenoxy) is 1. The van der Waals surface area contributed by atoms with Gasteiger partial charge in [0.15, 0.2) is 0 Å². The minimum atomic E-state index is -0.656. The molecule has 1 fully saturated rings. The van der Waals surface area contributed by atoms with Gasteiger partial charge in [0.2, 0.25) is 0 Å². The van der Waals surface area contributed by atoms with E-state index in [1.165, 1.54) is 0 Å². The molecule has 1 aliphatic rings. The van der Waals surface area contributed by atoms with E-state index in [1.54, 1.807) is 13.2 Å². The lowest BCUT2D eigenvalue weighted by Crippen LogP contribution is -2.49. The van der Waals surface area contributed by atoms with E-state index in [-0.39, 0.29) is 6.04 Å². The Bertz CT molecular complexity index is 861. The Morgan fingerprint density at radius 3 is 2.30 bits per heavy atom. The van der Waals surface area contributed by atoms with E-state index in [9.17, 15) is 9.59 Å². The SMILES string of the molecule is COc1ccc([C@H](CNC(=O)C(=O)Nc2ccccc2C)N2CCN(C)CC2)cc1. The lowest BCUT2D eigenvalue weighted by Gasteiger charge is -2.38. The number of carbonyl (C=O) groups is 2. The molecule has 1 atom stereocenters. The lowest BCUT2D eigenvalue weighted by molar-refractivity contribution is -0.136. The van der Waals surface area contributed by atoms with Crippen LogP contribution in [0.1, 0.15) is 17.2 Å². The first kappa shape index (κ1) is 21.8. The first-order valence-electron chi connectivity index (χ1n) is 10.2. The second kappa shape index (κ2) is 10.2. The number of para-hydroxylation sites is 1. The molecule has 30 heavy (non-hydrogen) atoms. The minimum absolute atomic E-state index is 0.0141. The number of aryl methyl sites for hydroxylation is 1. The van der Waals surface area contributed by atoms with Crippen LogP contribution in [0.5, 0.6) is 5.75 Å². The zero-order valence-corrected chi connectivity index (χ0v) is 17.9. The Hall–Kier alpha value is -2.90. The van der Waals surface area contributed by atoms with Crippen LogP contribution in [0.3, 0.4) is 0 Å². The fraction of sp³-hybridized carbons (Fsp3) is 0.391. The number of piperazine rings is 1. The summed E-state index contributed by atoms with van der Waals surface area (Å²) in [7, 11) is 3.75. The maximum absolute atomic E-state index is 12.5. The van der Waals surface area contributed by atoms with Crippen LogP contribution in [0.15, 0.2) is 48.5 Å². The predicted molar refractivity (Wildman–Crippen MR) is 118 cm³/mol. The van der Waals surface area contributed by atoms with E-state index in [0.29, 0.717) is 12.2 Å². The quantitative estimate of drug-likeness (QED) is 0.713. The molecule has 2 aromatic carbocycles. The summed E-state index contributed by atoms with van der Waals surface area (Å²) in [6.45, 7) is 5.98. The number of carbonyl (C=O) groups excluding carboxylic acids is 2. The zero-order chi connectivity index (χ0) is 21.5. The van der Waals surface area contributed by atoms with Crippen molar-refractivity contribution in [3.63, 3.8) is 0 Å². The molecule has 0 saturated carbocycles. The van der Waals surface area contributed by atoms with Gasteiger partial charge in [0, 0.05) is 38.4 Å². The maximum atomic E-state index is 12.5. The smallest absolute Gasteiger partial charge is 0.313 e. The highest BCUT2D eigenvalue weighted by molar-refractivity contribution is 6.39. The largest absolute Gasteiger partial charge is 0.497 e. The van der Waals surface area contributed by atoms with Crippen molar-refractivity contribution in [1.29, 1.82) is 0 Å². The Morgan fingerprint density at radius 2 is 1.67 bits per heavy atom. The third-order valence-corrected chi connectivity index (χ3v) is 5.53. The predicted octanol–water partition coefficient (Wildman–Crippen LogP) is 2.05. The standard InChI is InChI=1S/C23H30N4O3/c1-17-6-4-5-7-20(17)25-23(29)22(28)24-16-21(27-14-12-26(2)13-15-27)18-8-10-19(30-3)11-9-18/h4-11,21H,12-16H2,1-3H3,(H,24,28)(H,25,29)/t21-/m0/s1. The normalized spacial score (nSPS) is 16.0. The van der Waals surface area contributed by atoms with Crippen LogP contribution in [-0.4, -0.2) is 68.5 Å². The molecule has 0 spiro atoms. The molecule has 0 aromatic heterocycles. The van der Waals surface area contributed by atoms with Crippen molar-refractivity contribution in [1.82, 2.24) is 15.1 Å². The third kappa shape index (κ3) is 5.58. The first-order valence-corrected chi connectivity index (χ1v) is 10.2. The summed E-state index contributed by atoms with van der Waals surface area (Å²) in [6.07, 6.45) is 0. The molecule has 1 aliphatic heterocycles. The highest BCUT2D eigenvalue weighted by atomic mass is 16.5. The lowest BCUT2D eigenvalue weighted by atomic mass is 10.0. The molecule has 7 nitrogen and oxygen atoms in total. The van der Waals surface area contributed by atoms with E-state index >= 15 is 0 Å². The molecule has 2 aromatic rings. The summed E-state index contributed by atoms with van der Waals surface area (Å²) in [6, 6.07) is 15.2. The molecule has 0 bridgehead atoms. The number of likely N-dealkylation sites (N-methyl/N-ethyl adjacent to an activating group) is 1. The van der Waals surface area contributed by atoms with E-state index in [0.717, 1.165) is 43.1 Å². The maximum Gasteiger partial charge on any atom is 0.313 e. The van der Waals surface area contributed by atoms with Gasteiger partial charge in [-0.1, -0.05) is 30.3 Å². The fourth-order valence-corrected chi connectivity index (χ4v) is 3.58. The van der Waals surface area contributed by atoms with Crippen LogP contribution < -0.4 is 15.4 Å². The molecule has 0 unspecified atom stereocenters. The average molecular weight is 411 g/mol. The molecular weight excluding hydrogens is 380 g/mol. The summed E-state index contributed by atoms with van der Waals surface area (Å²) >= 11 is 0. The van der Waals surface area contributed by atoms with Crippen molar-refractivity contribution in [3.05, 3.63) is 59.7 Å². The Balaban J connectivity index is 1.66. The molecule has 1 heterocycles. The van der Waals surface area contributed by atoms with E-state index < -0.39 is 11.8 Å². The van der Waals surface area contributed by atoms with Gasteiger partial charge >= 0.3 is 11.8 Å². The van der Waals surface area contributed by atoms with Crippen molar-refractivity contribution < 1.29 is 14.3 Å². The molecule has 2 N–H and O–H groups in total.